The van der Waals surface area contributed by atoms with Crippen molar-refractivity contribution in [2.75, 3.05) is 6.61 Å². The normalized spacial score (nSPS) is 11.7. The summed E-state index contributed by atoms with van der Waals surface area (Å²) < 4.78 is 6.13. The van der Waals surface area contributed by atoms with E-state index in [2.05, 4.69) is 10.4 Å². The van der Waals surface area contributed by atoms with Gasteiger partial charge < -0.3 is 10.1 Å². The molecule has 3 aromatic rings. The Hall–Kier alpha value is -3.81. The molecule has 0 saturated heterocycles. The quantitative estimate of drug-likeness (QED) is 0.594. The van der Waals surface area contributed by atoms with E-state index in [1.807, 2.05) is 30.3 Å². The van der Waals surface area contributed by atoms with Crippen LogP contribution < -0.4 is 10.9 Å². The molecule has 0 aliphatic rings. The van der Waals surface area contributed by atoms with E-state index in [-0.39, 0.29) is 17.0 Å². The number of nitrogens with one attached hydrogen (secondary N) is 1. The number of benzene rings is 2. The van der Waals surface area contributed by atoms with E-state index in [9.17, 15) is 19.2 Å². The molecule has 0 saturated carbocycles. The lowest BCUT2D eigenvalue weighted by molar-refractivity contribution is -0.128. The Morgan fingerprint density at radius 2 is 1.67 bits per heavy atom. The fraction of sp³-hybridized carbons (Fsp3) is 0.227. The minimum absolute atomic E-state index is 0.0621. The van der Waals surface area contributed by atoms with Gasteiger partial charge in [0.15, 0.2) is 18.1 Å². The summed E-state index contributed by atoms with van der Waals surface area (Å²) in [6.07, 6.45) is 0.336. The molecule has 1 aromatic heterocycles. The van der Waals surface area contributed by atoms with Crippen molar-refractivity contribution in [3.05, 3.63) is 76.2 Å². The van der Waals surface area contributed by atoms with Gasteiger partial charge in [-0.1, -0.05) is 48.5 Å². The number of Topliss-reactive ketones (excluding diaryl/α,β-unsaturated/α-hetero) is 1. The minimum Gasteiger partial charge on any atom is -0.451 e. The largest absolute Gasteiger partial charge is 0.451 e. The van der Waals surface area contributed by atoms with Crippen LogP contribution in [-0.4, -0.2) is 40.1 Å². The van der Waals surface area contributed by atoms with Crippen molar-refractivity contribution < 1.29 is 19.1 Å². The monoisotopic (exact) mass is 407 g/mol. The summed E-state index contributed by atoms with van der Waals surface area (Å²) >= 11 is 0. The predicted octanol–water partition coefficient (Wildman–Crippen LogP) is 1.41. The van der Waals surface area contributed by atoms with E-state index in [0.29, 0.717) is 17.2 Å². The van der Waals surface area contributed by atoms with Crippen LogP contribution in [0, 0.1) is 0 Å². The zero-order valence-electron chi connectivity index (χ0n) is 16.6. The number of esters is 1. The molecule has 3 rings (SSSR count). The first-order valence-corrected chi connectivity index (χ1v) is 9.33. The Kier molecular flexibility index (Phi) is 6.36. The Balaban J connectivity index is 1.68. The molecule has 0 bridgehead atoms. The summed E-state index contributed by atoms with van der Waals surface area (Å²) in [5.41, 5.74) is 0.494. The Bertz CT molecular complexity index is 1150. The number of ketones is 1. The lowest BCUT2D eigenvalue weighted by Gasteiger charge is -2.16. The molecular weight excluding hydrogens is 386 g/mol. The average molecular weight is 407 g/mol. The molecule has 1 N–H and O–H groups in total. The molecule has 0 fully saturated rings. The zero-order valence-corrected chi connectivity index (χ0v) is 16.6. The van der Waals surface area contributed by atoms with Crippen molar-refractivity contribution in [2.24, 2.45) is 7.05 Å². The van der Waals surface area contributed by atoms with E-state index in [0.717, 1.165) is 10.2 Å². The van der Waals surface area contributed by atoms with Crippen LogP contribution in [0.2, 0.25) is 0 Å². The van der Waals surface area contributed by atoms with Gasteiger partial charge in [0.25, 0.3) is 11.5 Å². The first-order chi connectivity index (χ1) is 14.4. The van der Waals surface area contributed by atoms with Gasteiger partial charge in [0, 0.05) is 12.4 Å². The summed E-state index contributed by atoms with van der Waals surface area (Å²) in [7, 11) is 1.43. The predicted molar refractivity (Wildman–Crippen MR) is 110 cm³/mol. The van der Waals surface area contributed by atoms with Gasteiger partial charge in [-0.15, -0.1) is 0 Å². The van der Waals surface area contributed by atoms with E-state index >= 15 is 0 Å². The third-order valence-electron chi connectivity index (χ3n) is 4.59. The highest BCUT2D eigenvalue weighted by Gasteiger charge is 2.21. The van der Waals surface area contributed by atoms with Crippen molar-refractivity contribution in [2.45, 2.75) is 19.4 Å². The maximum atomic E-state index is 12.5. The van der Waals surface area contributed by atoms with Gasteiger partial charge in [-0.2, -0.15) is 5.10 Å². The van der Waals surface area contributed by atoms with Crippen molar-refractivity contribution in [3.63, 3.8) is 0 Å². The van der Waals surface area contributed by atoms with E-state index < -0.39 is 24.5 Å². The molecule has 8 heteroatoms. The SMILES string of the molecule is CC(=O)[C@@H](Cc1ccccc1)NC(=O)COC(=O)c1nn(C)c(=O)c2ccccc12. The second-order valence-electron chi connectivity index (χ2n) is 6.82. The van der Waals surface area contributed by atoms with Crippen LogP contribution in [0.1, 0.15) is 23.0 Å². The van der Waals surface area contributed by atoms with Gasteiger partial charge in [0.05, 0.1) is 11.4 Å². The first-order valence-electron chi connectivity index (χ1n) is 9.33. The molecule has 2 aromatic carbocycles. The topological polar surface area (TPSA) is 107 Å². The van der Waals surface area contributed by atoms with Crippen molar-refractivity contribution in [3.8, 4) is 0 Å². The van der Waals surface area contributed by atoms with Gasteiger partial charge in [-0.05, 0) is 25.0 Å². The smallest absolute Gasteiger partial charge is 0.359 e. The number of hydrogen-bond donors (Lipinski definition) is 1. The first kappa shape index (κ1) is 20.9. The maximum Gasteiger partial charge on any atom is 0.359 e. The summed E-state index contributed by atoms with van der Waals surface area (Å²) in [4.78, 5) is 48.8. The molecule has 30 heavy (non-hydrogen) atoms. The van der Waals surface area contributed by atoms with Gasteiger partial charge in [-0.25, -0.2) is 9.48 Å². The molecular formula is C22H21N3O5. The van der Waals surface area contributed by atoms with E-state index in [1.165, 1.54) is 14.0 Å². The number of carbonyl (C=O) groups excluding carboxylic acids is 3. The molecule has 154 valence electrons. The number of nitrogens with zero attached hydrogens (tertiary/aromatic N) is 2. The van der Waals surface area contributed by atoms with Crippen LogP contribution in [0.15, 0.2) is 59.4 Å². The summed E-state index contributed by atoms with van der Waals surface area (Å²) in [5, 5.41) is 7.22. The molecule has 1 atom stereocenters. The van der Waals surface area contributed by atoms with Crippen LogP contribution in [0.5, 0.6) is 0 Å². The van der Waals surface area contributed by atoms with Crippen molar-refractivity contribution in [1.82, 2.24) is 15.1 Å². The number of aryl methyl sites for hydroxylation is 1. The maximum absolute atomic E-state index is 12.5. The van der Waals surface area contributed by atoms with Gasteiger partial charge in [0.1, 0.15) is 0 Å². The molecule has 1 heterocycles. The average Bonchev–Trinajstić information content (AvgIpc) is 2.74. The summed E-state index contributed by atoms with van der Waals surface area (Å²) in [6, 6.07) is 15.1. The molecule has 1 amide bonds. The van der Waals surface area contributed by atoms with Crippen molar-refractivity contribution in [1.29, 1.82) is 0 Å². The highest BCUT2D eigenvalue weighted by Crippen LogP contribution is 2.14. The fourth-order valence-corrected chi connectivity index (χ4v) is 3.03. The molecule has 0 radical (unpaired) electrons. The van der Waals surface area contributed by atoms with Crippen LogP contribution in [0.4, 0.5) is 0 Å². The van der Waals surface area contributed by atoms with Crippen LogP contribution in [0.3, 0.4) is 0 Å². The number of rotatable bonds is 7. The van der Waals surface area contributed by atoms with Gasteiger partial charge in [-0.3, -0.25) is 14.4 Å². The summed E-state index contributed by atoms with van der Waals surface area (Å²) in [5.74, 6) is -1.64. The third-order valence-corrected chi connectivity index (χ3v) is 4.59. The number of ether oxygens (including phenoxy) is 1. The van der Waals surface area contributed by atoms with Crippen LogP contribution in [-0.2, 0) is 27.8 Å². The molecule has 8 nitrogen and oxygen atoms in total. The molecule has 0 spiro atoms. The van der Waals surface area contributed by atoms with Crippen LogP contribution >= 0.6 is 0 Å². The van der Waals surface area contributed by atoms with Gasteiger partial charge >= 0.3 is 5.97 Å². The Morgan fingerprint density at radius 3 is 2.33 bits per heavy atom. The Morgan fingerprint density at radius 1 is 1.03 bits per heavy atom. The van der Waals surface area contributed by atoms with Crippen LogP contribution in [0.25, 0.3) is 10.8 Å². The highest BCUT2D eigenvalue weighted by atomic mass is 16.5. The number of carbonyl (C=O) groups is 3. The number of aromatic nitrogens is 2. The molecule has 0 aliphatic heterocycles. The molecule has 0 unspecified atom stereocenters. The van der Waals surface area contributed by atoms with E-state index in [1.54, 1.807) is 24.3 Å². The second-order valence-corrected chi connectivity index (χ2v) is 6.82. The lowest BCUT2D eigenvalue weighted by Crippen LogP contribution is -2.43. The second kappa shape index (κ2) is 9.13. The Labute approximate surface area is 172 Å². The fourth-order valence-electron chi connectivity index (χ4n) is 3.03. The lowest BCUT2D eigenvalue weighted by atomic mass is 10.0. The zero-order chi connectivity index (χ0) is 21.7. The summed E-state index contributed by atoms with van der Waals surface area (Å²) in [6.45, 7) is 0.816. The minimum atomic E-state index is -0.834. The third kappa shape index (κ3) is 4.78. The van der Waals surface area contributed by atoms with Crippen molar-refractivity contribution >= 4 is 28.4 Å². The highest BCUT2D eigenvalue weighted by molar-refractivity contribution is 6.02. The van der Waals surface area contributed by atoms with Gasteiger partial charge in [0.2, 0.25) is 0 Å². The number of fused-ring (bicyclic) bond motifs is 1. The number of amides is 1. The standard InChI is InChI=1S/C22H21N3O5/c1-14(26)18(12-15-8-4-3-5-9-15)23-19(27)13-30-22(29)20-16-10-6-7-11-17(16)21(28)25(2)24-20/h3-11,18H,12-13H2,1-2H3,(H,23,27)/t18-/m1/s1. The molecule has 0 aliphatic carbocycles. The number of hydrogen-bond acceptors (Lipinski definition) is 6. The van der Waals surface area contributed by atoms with E-state index in [4.69, 9.17) is 4.74 Å².